The molecule has 0 atom stereocenters. The van der Waals surface area contributed by atoms with Gasteiger partial charge in [-0.2, -0.15) is 0 Å². The summed E-state index contributed by atoms with van der Waals surface area (Å²) in [4.78, 5) is 27.8. The number of nitrogens with zero attached hydrogens (tertiary/aromatic N) is 1. The summed E-state index contributed by atoms with van der Waals surface area (Å²) >= 11 is 0. The van der Waals surface area contributed by atoms with Crippen LogP contribution in [-0.2, 0) is 16.0 Å². The van der Waals surface area contributed by atoms with Crippen molar-refractivity contribution in [3.63, 3.8) is 0 Å². The highest BCUT2D eigenvalue weighted by atomic mass is 19.1. The molecule has 1 saturated heterocycles. The van der Waals surface area contributed by atoms with Crippen LogP contribution in [0.2, 0.25) is 0 Å². The van der Waals surface area contributed by atoms with Crippen molar-refractivity contribution in [3.8, 4) is 0 Å². The van der Waals surface area contributed by atoms with Crippen molar-refractivity contribution < 1.29 is 18.7 Å². The molecule has 0 radical (unpaired) electrons. The second kappa shape index (κ2) is 12.3. The fourth-order valence-corrected chi connectivity index (χ4v) is 3.93. The molecule has 2 aromatic rings. The van der Waals surface area contributed by atoms with Crippen molar-refractivity contribution in [2.75, 3.05) is 43.1 Å². The van der Waals surface area contributed by atoms with E-state index in [9.17, 15) is 14.0 Å². The standard InChI is InChI=1S/C26H34FN3O3/c1-3-33-16-4-13-28-26(32)23-18-22(9-10-24(23)30-14-11-19(2)12-15-30)29-25(31)17-20-5-7-21(27)8-6-20/h5-10,18-19H,3-4,11-17H2,1-2H3,(H,28,32)(H,29,31). The summed E-state index contributed by atoms with van der Waals surface area (Å²) in [6, 6.07) is 11.4. The zero-order valence-corrected chi connectivity index (χ0v) is 19.5. The Morgan fingerprint density at radius 3 is 2.55 bits per heavy atom. The number of halogens is 1. The molecule has 7 heteroatoms. The van der Waals surface area contributed by atoms with Gasteiger partial charge in [-0.1, -0.05) is 19.1 Å². The van der Waals surface area contributed by atoms with Gasteiger partial charge in [0.1, 0.15) is 5.82 Å². The van der Waals surface area contributed by atoms with Crippen molar-refractivity contribution in [1.82, 2.24) is 5.32 Å². The monoisotopic (exact) mass is 455 g/mol. The van der Waals surface area contributed by atoms with Crippen molar-refractivity contribution in [2.45, 2.75) is 39.5 Å². The molecule has 0 bridgehead atoms. The van der Waals surface area contributed by atoms with Gasteiger partial charge in [0, 0.05) is 44.2 Å². The Morgan fingerprint density at radius 1 is 1.12 bits per heavy atom. The zero-order valence-electron chi connectivity index (χ0n) is 19.5. The maximum absolute atomic E-state index is 13.1. The number of hydrogen-bond acceptors (Lipinski definition) is 4. The van der Waals surface area contributed by atoms with Crippen molar-refractivity contribution in [3.05, 3.63) is 59.4 Å². The fourth-order valence-electron chi connectivity index (χ4n) is 3.93. The molecule has 0 aromatic heterocycles. The van der Waals surface area contributed by atoms with E-state index in [0.29, 0.717) is 36.9 Å². The van der Waals surface area contributed by atoms with E-state index in [2.05, 4.69) is 22.5 Å². The van der Waals surface area contributed by atoms with E-state index >= 15 is 0 Å². The number of benzene rings is 2. The van der Waals surface area contributed by atoms with Crippen LogP contribution in [0.5, 0.6) is 0 Å². The zero-order chi connectivity index (χ0) is 23.6. The summed E-state index contributed by atoms with van der Waals surface area (Å²) in [5.74, 6) is -0.0279. The minimum Gasteiger partial charge on any atom is -0.382 e. The van der Waals surface area contributed by atoms with E-state index in [4.69, 9.17) is 4.74 Å². The number of ether oxygens (including phenoxy) is 1. The molecule has 6 nitrogen and oxygen atoms in total. The normalized spacial score (nSPS) is 14.2. The molecule has 1 heterocycles. The third-order valence-corrected chi connectivity index (χ3v) is 5.88. The smallest absolute Gasteiger partial charge is 0.253 e. The lowest BCUT2D eigenvalue weighted by molar-refractivity contribution is -0.115. The Kier molecular flexibility index (Phi) is 9.24. The van der Waals surface area contributed by atoms with Crippen LogP contribution in [0, 0.1) is 11.7 Å². The highest BCUT2D eigenvalue weighted by Gasteiger charge is 2.22. The second-order valence-corrected chi connectivity index (χ2v) is 8.56. The van der Waals surface area contributed by atoms with Crippen LogP contribution in [0.4, 0.5) is 15.8 Å². The van der Waals surface area contributed by atoms with Crippen LogP contribution in [0.15, 0.2) is 42.5 Å². The molecular weight excluding hydrogens is 421 g/mol. The molecule has 2 N–H and O–H groups in total. The maximum Gasteiger partial charge on any atom is 0.253 e. The molecule has 1 fully saturated rings. The van der Waals surface area contributed by atoms with Gasteiger partial charge >= 0.3 is 0 Å². The molecule has 0 spiro atoms. The highest BCUT2D eigenvalue weighted by molar-refractivity contribution is 6.02. The number of hydrogen-bond donors (Lipinski definition) is 2. The molecule has 1 aliphatic rings. The first kappa shape index (κ1) is 24.7. The van der Waals surface area contributed by atoms with E-state index in [1.165, 1.54) is 12.1 Å². The second-order valence-electron chi connectivity index (χ2n) is 8.56. The highest BCUT2D eigenvalue weighted by Crippen LogP contribution is 2.29. The Morgan fingerprint density at radius 2 is 1.85 bits per heavy atom. The Balaban J connectivity index is 1.71. The van der Waals surface area contributed by atoms with Gasteiger partial charge in [0.2, 0.25) is 5.91 Å². The number of rotatable bonds is 10. The first-order valence-electron chi connectivity index (χ1n) is 11.8. The SMILES string of the molecule is CCOCCCNC(=O)c1cc(NC(=O)Cc2ccc(F)cc2)ccc1N1CCC(C)CC1. The van der Waals surface area contributed by atoms with E-state index in [-0.39, 0.29) is 24.1 Å². The van der Waals surface area contributed by atoms with E-state index in [1.54, 1.807) is 18.2 Å². The summed E-state index contributed by atoms with van der Waals surface area (Å²) in [5.41, 5.74) is 2.73. The quantitative estimate of drug-likeness (QED) is 0.521. The Bertz CT molecular complexity index is 925. The van der Waals surface area contributed by atoms with Crippen molar-refractivity contribution in [2.24, 2.45) is 5.92 Å². The van der Waals surface area contributed by atoms with Crippen LogP contribution in [0.3, 0.4) is 0 Å². The van der Waals surface area contributed by atoms with Gasteiger partial charge in [-0.25, -0.2) is 4.39 Å². The largest absolute Gasteiger partial charge is 0.382 e. The molecule has 0 saturated carbocycles. The Hall–Kier alpha value is -2.93. The third-order valence-electron chi connectivity index (χ3n) is 5.88. The van der Waals surface area contributed by atoms with Gasteiger partial charge in [0.05, 0.1) is 12.0 Å². The minimum absolute atomic E-state index is 0.130. The number of nitrogens with one attached hydrogen (secondary N) is 2. The first-order valence-corrected chi connectivity index (χ1v) is 11.8. The summed E-state index contributed by atoms with van der Waals surface area (Å²) in [5, 5.41) is 5.85. The first-order chi connectivity index (χ1) is 16.0. The summed E-state index contributed by atoms with van der Waals surface area (Å²) in [6.45, 7) is 7.79. The molecule has 1 aliphatic heterocycles. The van der Waals surface area contributed by atoms with E-state index in [1.807, 2.05) is 19.1 Å². The lowest BCUT2D eigenvalue weighted by atomic mass is 9.97. The fraction of sp³-hybridized carbons (Fsp3) is 0.462. The average molecular weight is 456 g/mol. The van der Waals surface area contributed by atoms with Crippen LogP contribution in [0.25, 0.3) is 0 Å². The van der Waals surface area contributed by atoms with Crippen LogP contribution in [-0.4, -0.2) is 44.7 Å². The van der Waals surface area contributed by atoms with Crippen molar-refractivity contribution >= 4 is 23.2 Å². The molecule has 3 rings (SSSR count). The number of carbonyl (C=O) groups is 2. The molecule has 178 valence electrons. The van der Waals surface area contributed by atoms with Crippen LogP contribution >= 0.6 is 0 Å². The molecule has 0 aliphatic carbocycles. The lowest BCUT2D eigenvalue weighted by Crippen LogP contribution is -2.35. The molecule has 33 heavy (non-hydrogen) atoms. The number of amides is 2. The molecule has 0 unspecified atom stereocenters. The van der Waals surface area contributed by atoms with Crippen LogP contribution < -0.4 is 15.5 Å². The van der Waals surface area contributed by atoms with E-state index in [0.717, 1.165) is 43.6 Å². The van der Waals surface area contributed by atoms with E-state index < -0.39 is 0 Å². The van der Waals surface area contributed by atoms with Gasteiger partial charge in [-0.3, -0.25) is 9.59 Å². The molecule has 2 aromatic carbocycles. The average Bonchev–Trinajstić information content (AvgIpc) is 2.81. The molecule has 2 amide bonds. The number of anilines is 2. The van der Waals surface area contributed by atoms with Gasteiger partial charge in [-0.05, 0) is 68.0 Å². The lowest BCUT2D eigenvalue weighted by Gasteiger charge is -2.33. The van der Waals surface area contributed by atoms with Gasteiger partial charge in [0.15, 0.2) is 0 Å². The van der Waals surface area contributed by atoms with Crippen LogP contribution in [0.1, 0.15) is 49.0 Å². The Labute approximate surface area is 195 Å². The minimum atomic E-state index is -0.334. The predicted octanol–water partition coefficient (Wildman–Crippen LogP) is 4.40. The maximum atomic E-state index is 13.1. The molecular formula is C26H34FN3O3. The summed E-state index contributed by atoms with van der Waals surface area (Å²) in [6.07, 6.45) is 3.05. The van der Waals surface area contributed by atoms with Gasteiger partial charge in [-0.15, -0.1) is 0 Å². The van der Waals surface area contributed by atoms with Gasteiger partial charge in [0.25, 0.3) is 5.91 Å². The summed E-state index contributed by atoms with van der Waals surface area (Å²) < 4.78 is 18.4. The number of piperidine rings is 1. The predicted molar refractivity (Wildman–Crippen MR) is 129 cm³/mol. The third kappa shape index (κ3) is 7.56. The summed E-state index contributed by atoms with van der Waals surface area (Å²) in [7, 11) is 0. The topological polar surface area (TPSA) is 70.7 Å². The van der Waals surface area contributed by atoms with Gasteiger partial charge < -0.3 is 20.3 Å². The number of carbonyl (C=O) groups excluding carboxylic acids is 2. The van der Waals surface area contributed by atoms with Crippen molar-refractivity contribution in [1.29, 1.82) is 0 Å².